The molecule has 33 heavy (non-hydrogen) atoms. The van der Waals surface area contributed by atoms with Crippen LogP contribution in [0.15, 0.2) is 69.5 Å². The van der Waals surface area contributed by atoms with E-state index in [-0.39, 0.29) is 12.2 Å². The molecule has 6 rings (SSSR count). The molecule has 162 valence electrons. The number of benzene rings is 1. The third-order valence-corrected chi connectivity index (χ3v) is 6.47. The standard InChI is InChI=1S/C25H17N3O4S/c29-21-13-16(26-25-28(21)9-11-33-25)14-32-24(30)22-18-5-1-2-6-20(18)27-23-15(7-8-19(22)23)12-17-4-3-10-31-17/h1-6,9-13H,7-8,14H2. The minimum absolute atomic E-state index is 0.0804. The number of hydrogen-bond donors (Lipinski definition) is 0. The van der Waals surface area contributed by atoms with E-state index in [9.17, 15) is 9.59 Å². The Hall–Kier alpha value is -4.04. The first-order valence-electron chi connectivity index (χ1n) is 10.5. The molecule has 0 amide bonds. The van der Waals surface area contributed by atoms with Crippen LogP contribution in [0.4, 0.5) is 0 Å². The number of rotatable bonds is 4. The normalized spacial score (nSPS) is 14.2. The molecule has 0 radical (unpaired) electrons. The summed E-state index contributed by atoms with van der Waals surface area (Å²) >= 11 is 1.36. The maximum atomic E-state index is 13.3. The number of thiazole rings is 1. The van der Waals surface area contributed by atoms with E-state index in [1.54, 1.807) is 17.8 Å². The Labute approximate surface area is 191 Å². The van der Waals surface area contributed by atoms with Crippen LogP contribution in [0.2, 0.25) is 0 Å². The number of pyridine rings is 1. The lowest BCUT2D eigenvalue weighted by Crippen LogP contribution is -2.15. The van der Waals surface area contributed by atoms with Crippen molar-refractivity contribution in [1.82, 2.24) is 14.4 Å². The van der Waals surface area contributed by atoms with Gasteiger partial charge in [0.25, 0.3) is 5.56 Å². The van der Waals surface area contributed by atoms with E-state index in [0.29, 0.717) is 22.6 Å². The fourth-order valence-electron chi connectivity index (χ4n) is 4.23. The zero-order valence-corrected chi connectivity index (χ0v) is 18.2. The number of fused-ring (bicyclic) bond motifs is 3. The van der Waals surface area contributed by atoms with Gasteiger partial charge in [-0.15, -0.1) is 11.3 Å². The van der Waals surface area contributed by atoms with Crippen molar-refractivity contribution in [3.05, 3.63) is 98.9 Å². The Morgan fingerprint density at radius 3 is 2.97 bits per heavy atom. The third-order valence-electron chi connectivity index (χ3n) is 5.71. The first-order valence-corrected chi connectivity index (χ1v) is 11.3. The van der Waals surface area contributed by atoms with E-state index >= 15 is 0 Å². The van der Waals surface area contributed by atoms with Gasteiger partial charge < -0.3 is 9.15 Å². The minimum atomic E-state index is -0.447. The number of carbonyl (C=O) groups is 1. The Bertz CT molecular complexity index is 1610. The monoisotopic (exact) mass is 455 g/mol. The fraction of sp³-hybridized carbons (Fsp3) is 0.120. The van der Waals surface area contributed by atoms with Crippen molar-refractivity contribution >= 4 is 44.8 Å². The zero-order valence-electron chi connectivity index (χ0n) is 17.4. The van der Waals surface area contributed by atoms with Gasteiger partial charge in [-0.25, -0.2) is 14.8 Å². The average molecular weight is 455 g/mol. The first-order chi connectivity index (χ1) is 16.2. The summed E-state index contributed by atoms with van der Waals surface area (Å²) in [7, 11) is 0. The van der Waals surface area contributed by atoms with E-state index in [1.165, 1.54) is 21.8 Å². The zero-order chi connectivity index (χ0) is 22.4. The van der Waals surface area contributed by atoms with Crippen molar-refractivity contribution in [2.24, 2.45) is 0 Å². The summed E-state index contributed by atoms with van der Waals surface area (Å²) < 4.78 is 12.6. The number of hydrogen-bond acceptors (Lipinski definition) is 7. The summed E-state index contributed by atoms with van der Waals surface area (Å²) in [5.74, 6) is 0.301. The summed E-state index contributed by atoms with van der Waals surface area (Å²) in [5.41, 5.74) is 4.17. The van der Waals surface area contributed by atoms with Gasteiger partial charge in [0.05, 0.1) is 28.7 Å². The maximum absolute atomic E-state index is 13.3. The molecule has 0 bridgehead atoms. The number of carbonyl (C=O) groups excluding carboxylic acids is 1. The molecule has 1 aromatic carbocycles. The SMILES string of the molecule is O=C(OCc1cc(=O)n2ccsc2n1)c1c2c(nc3ccccc13)C(=Cc1ccco1)CC2. The number of esters is 1. The minimum Gasteiger partial charge on any atom is -0.465 e. The highest BCUT2D eigenvalue weighted by atomic mass is 32.1. The molecule has 4 heterocycles. The van der Waals surface area contributed by atoms with E-state index < -0.39 is 5.97 Å². The number of ether oxygens (including phenoxy) is 1. The molecule has 0 N–H and O–H groups in total. The van der Waals surface area contributed by atoms with Crippen LogP contribution in [0.1, 0.15) is 39.5 Å². The van der Waals surface area contributed by atoms with Gasteiger partial charge in [0.2, 0.25) is 0 Å². The number of allylic oxidation sites excluding steroid dienone is 1. The van der Waals surface area contributed by atoms with Crippen LogP contribution >= 0.6 is 11.3 Å². The van der Waals surface area contributed by atoms with Crippen LogP contribution in [0.25, 0.3) is 27.5 Å². The predicted octanol–water partition coefficient (Wildman–Crippen LogP) is 4.74. The van der Waals surface area contributed by atoms with Crippen molar-refractivity contribution in [1.29, 1.82) is 0 Å². The number of furan rings is 1. The van der Waals surface area contributed by atoms with Crippen LogP contribution in [0, 0.1) is 0 Å². The van der Waals surface area contributed by atoms with Crippen molar-refractivity contribution in [2.75, 3.05) is 0 Å². The molecule has 0 atom stereocenters. The summed E-state index contributed by atoms with van der Waals surface area (Å²) in [6.07, 6.45) is 6.71. The number of para-hydroxylation sites is 1. The van der Waals surface area contributed by atoms with E-state index in [1.807, 2.05) is 42.5 Å². The van der Waals surface area contributed by atoms with Gasteiger partial charge in [-0.05, 0) is 48.3 Å². The van der Waals surface area contributed by atoms with Crippen LogP contribution < -0.4 is 5.56 Å². The molecule has 8 heteroatoms. The summed E-state index contributed by atoms with van der Waals surface area (Å²) in [4.78, 5) is 35.4. The Morgan fingerprint density at radius 2 is 2.09 bits per heavy atom. The molecule has 4 aromatic heterocycles. The van der Waals surface area contributed by atoms with Crippen molar-refractivity contribution in [3.8, 4) is 0 Å². The maximum Gasteiger partial charge on any atom is 0.339 e. The Kier molecular flexibility index (Phi) is 4.66. The van der Waals surface area contributed by atoms with E-state index in [0.717, 1.165) is 39.9 Å². The highest BCUT2D eigenvalue weighted by Crippen LogP contribution is 2.37. The Balaban J connectivity index is 1.38. The van der Waals surface area contributed by atoms with Gasteiger partial charge in [-0.1, -0.05) is 18.2 Å². The second-order valence-corrected chi connectivity index (χ2v) is 8.61. The van der Waals surface area contributed by atoms with Gasteiger partial charge in [0.1, 0.15) is 12.4 Å². The molecule has 5 aromatic rings. The lowest BCUT2D eigenvalue weighted by atomic mass is 10.0. The second-order valence-electron chi connectivity index (χ2n) is 7.73. The Morgan fingerprint density at radius 1 is 1.18 bits per heavy atom. The topological polar surface area (TPSA) is 86.7 Å². The van der Waals surface area contributed by atoms with Gasteiger partial charge in [0.15, 0.2) is 4.96 Å². The van der Waals surface area contributed by atoms with Crippen molar-refractivity contribution < 1.29 is 13.9 Å². The number of nitrogens with zero attached hydrogens (tertiary/aromatic N) is 3. The lowest BCUT2D eigenvalue weighted by Gasteiger charge is -2.12. The first kappa shape index (κ1) is 19.6. The highest BCUT2D eigenvalue weighted by molar-refractivity contribution is 7.15. The number of aromatic nitrogens is 3. The fourth-order valence-corrected chi connectivity index (χ4v) is 4.97. The van der Waals surface area contributed by atoms with Crippen molar-refractivity contribution in [2.45, 2.75) is 19.4 Å². The quantitative estimate of drug-likeness (QED) is 0.364. The van der Waals surface area contributed by atoms with Gasteiger partial charge in [-0.3, -0.25) is 9.20 Å². The third kappa shape index (κ3) is 3.44. The van der Waals surface area contributed by atoms with E-state index in [2.05, 4.69) is 4.98 Å². The molecule has 0 saturated heterocycles. The van der Waals surface area contributed by atoms with Crippen LogP contribution in [-0.4, -0.2) is 20.3 Å². The molecule has 0 aliphatic heterocycles. The van der Waals surface area contributed by atoms with Crippen LogP contribution in [0.5, 0.6) is 0 Å². The van der Waals surface area contributed by atoms with Crippen LogP contribution in [0.3, 0.4) is 0 Å². The molecule has 0 spiro atoms. The molecular weight excluding hydrogens is 438 g/mol. The average Bonchev–Trinajstić information content (AvgIpc) is 3.58. The predicted molar refractivity (Wildman–Crippen MR) is 125 cm³/mol. The van der Waals surface area contributed by atoms with Crippen molar-refractivity contribution in [3.63, 3.8) is 0 Å². The summed E-state index contributed by atoms with van der Waals surface area (Å²) in [5, 5.41) is 2.54. The summed E-state index contributed by atoms with van der Waals surface area (Å²) in [6, 6.07) is 12.7. The van der Waals surface area contributed by atoms with Gasteiger partial charge >= 0.3 is 5.97 Å². The van der Waals surface area contributed by atoms with Gasteiger partial charge in [-0.2, -0.15) is 0 Å². The molecule has 0 saturated carbocycles. The van der Waals surface area contributed by atoms with Crippen LogP contribution in [-0.2, 0) is 17.8 Å². The smallest absolute Gasteiger partial charge is 0.339 e. The lowest BCUT2D eigenvalue weighted by molar-refractivity contribution is 0.0469. The van der Waals surface area contributed by atoms with Gasteiger partial charge in [0, 0.05) is 23.0 Å². The molecule has 0 fully saturated rings. The molecule has 1 aliphatic rings. The highest BCUT2D eigenvalue weighted by Gasteiger charge is 2.28. The summed E-state index contributed by atoms with van der Waals surface area (Å²) in [6.45, 7) is -0.0804. The molecule has 7 nitrogen and oxygen atoms in total. The molecule has 0 unspecified atom stereocenters. The largest absolute Gasteiger partial charge is 0.465 e. The molecular formula is C25H17N3O4S. The second kappa shape index (κ2) is 7.83. The molecule has 1 aliphatic carbocycles. The van der Waals surface area contributed by atoms with E-state index in [4.69, 9.17) is 14.1 Å².